The Bertz CT molecular complexity index is 1490. The van der Waals surface area contributed by atoms with Gasteiger partial charge in [0.1, 0.15) is 5.82 Å². The first-order valence-corrected chi connectivity index (χ1v) is 11.7. The minimum Gasteiger partial charge on any atom is -0.478 e. The number of aromatic nitrogens is 6. The zero-order valence-corrected chi connectivity index (χ0v) is 19.5. The van der Waals surface area contributed by atoms with Crippen molar-refractivity contribution in [3.8, 4) is 11.4 Å². The van der Waals surface area contributed by atoms with E-state index < -0.39 is 5.97 Å². The molecule has 8 heteroatoms. The number of carboxylic acids is 1. The van der Waals surface area contributed by atoms with E-state index >= 15 is 0 Å². The van der Waals surface area contributed by atoms with Crippen LogP contribution in [0.5, 0.6) is 0 Å². The van der Waals surface area contributed by atoms with Crippen molar-refractivity contribution in [1.82, 2.24) is 29.8 Å². The molecule has 5 rings (SSSR count). The highest BCUT2D eigenvalue weighted by Crippen LogP contribution is 2.22. The van der Waals surface area contributed by atoms with Crippen molar-refractivity contribution in [3.63, 3.8) is 0 Å². The number of nitrogens with zero attached hydrogens (tertiary/aromatic N) is 6. The number of aromatic carboxylic acids is 1. The number of imidazole rings is 1. The van der Waals surface area contributed by atoms with E-state index in [0.717, 1.165) is 47.2 Å². The molecule has 2 aromatic heterocycles. The van der Waals surface area contributed by atoms with Crippen LogP contribution in [-0.4, -0.2) is 40.8 Å². The van der Waals surface area contributed by atoms with E-state index in [4.69, 9.17) is 4.98 Å². The molecule has 2 heterocycles. The molecule has 5 aromatic rings. The number of hydrogen-bond acceptors (Lipinski definition) is 5. The number of hydrogen-bond donors (Lipinski definition) is 1. The molecule has 0 saturated carbocycles. The topological polar surface area (TPSA) is 98.7 Å². The van der Waals surface area contributed by atoms with Gasteiger partial charge in [-0.05, 0) is 47.0 Å². The summed E-state index contributed by atoms with van der Waals surface area (Å²) in [5.74, 6) is 0.625. The van der Waals surface area contributed by atoms with Crippen LogP contribution >= 0.6 is 0 Å². The average molecular weight is 467 g/mol. The van der Waals surface area contributed by atoms with E-state index in [9.17, 15) is 9.90 Å². The Balaban J connectivity index is 1.40. The van der Waals surface area contributed by atoms with E-state index in [2.05, 4.69) is 51.2 Å². The molecule has 0 amide bonds. The van der Waals surface area contributed by atoms with Gasteiger partial charge in [-0.15, -0.1) is 10.2 Å². The van der Waals surface area contributed by atoms with Crippen LogP contribution in [0.2, 0.25) is 0 Å². The van der Waals surface area contributed by atoms with Gasteiger partial charge in [-0.1, -0.05) is 61.9 Å². The predicted octanol–water partition coefficient (Wildman–Crippen LogP) is 4.83. The summed E-state index contributed by atoms with van der Waals surface area (Å²) in [6.45, 7) is 3.13. The van der Waals surface area contributed by atoms with Gasteiger partial charge in [0.25, 0.3) is 0 Å². The van der Waals surface area contributed by atoms with Crippen LogP contribution in [-0.2, 0) is 19.5 Å². The summed E-state index contributed by atoms with van der Waals surface area (Å²) in [6.07, 6.45) is 3.16. The van der Waals surface area contributed by atoms with E-state index in [1.165, 1.54) is 4.80 Å². The second kappa shape index (κ2) is 9.89. The Morgan fingerprint density at radius 3 is 2.66 bits per heavy atom. The summed E-state index contributed by atoms with van der Waals surface area (Å²) in [5, 5.41) is 22.3. The van der Waals surface area contributed by atoms with Gasteiger partial charge in [0.05, 0.1) is 23.1 Å². The Morgan fingerprint density at radius 1 is 0.971 bits per heavy atom. The highest BCUT2D eigenvalue weighted by atomic mass is 16.4. The van der Waals surface area contributed by atoms with E-state index in [0.29, 0.717) is 17.9 Å². The molecular formula is C27H26N6O2. The number of carboxylic acid groups (broad SMARTS) is 1. The van der Waals surface area contributed by atoms with Crippen LogP contribution in [0.4, 0.5) is 0 Å². The zero-order valence-electron chi connectivity index (χ0n) is 19.5. The van der Waals surface area contributed by atoms with E-state index in [-0.39, 0.29) is 12.1 Å². The minimum atomic E-state index is -0.973. The van der Waals surface area contributed by atoms with Crippen molar-refractivity contribution in [2.45, 2.75) is 39.3 Å². The normalized spacial score (nSPS) is 11.2. The van der Waals surface area contributed by atoms with Gasteiger partial charge in [-0.3, -0.25) is 0 Å². The number of aryl methyl sites for hydroxylation is 1. The maximum Gasteiger partial charge on any atom is 0.336 e. The number of carbonyl (C=O) groups is 1. The lowest BCUT2D eigenvalue weighted by atomic mass is 10.1. The fraction of sp³-hybridized carbons (Fsp3) is 0.222. The van der Waals surface area contributed by atoms with Crippen LogP contribution in [0, 0.1) is 0 Å². The summed E-state index contributed by atoms with van der Waals surface area (Å²) < 4.78 is 2.29. The van der Waals surface area contributed by atoms with Crippen LogP contribution in [0.3, 0.4) is 0 Å². The first-order chi connectivity index (χ1) is 17.1. The Kier molecular flexibility index (Phi) is 6.34. The molecule has 0 aliphatic carbocycles. The first-order valence-electron chi connectivity index (χ1n) is 11.7. The van der Waals surface area contributed by atoms with Crippen molar-refractivity contribution in [1.29, 1.82) is 0 Å². The van der Waals surface area contributed by atoms with Crippen LogP contribution in [0.15, 0.2) is 72.8 Å². The van der Waals surface area contributed by atoms with Gasteiger partial charge in [0.2, 0.25) is 5.82 Å². The third-order valence-electron chi connectivity index (χ3n) is 6.03. The van der Waals surface area contributed by atoms with E-state index in [1.807, 2.05) is 24.3 Å². The molecule has 0 saturated heterocycles. The van der Waals surface area contributed by atoms with Gasteiger partial charge < -0.3 is 9.67 Å². The number of tetrazole rings is 1. The highest BCUT2D eigenvalue weighted by Gasteiger charge is 2.14. The fourth-order valence-corrected chi connectivity index (χ4v) is 4.26. The molecule has 0 aliphatic heterocycles. The minimum absolute atomic E-state index is 0.233. The summed E-state index contributed by atoms with van der Waals surface area (Å²) in [4.78, 5) is 17.8. The molecule has 0 atom stereocenters. The lowest BCUT2D eigenvalue weighted by molar-refractivity contribution is 0.0695. The number of rotatable bonds is 9. The Hall–Kier alpha value is -4.33. The maximum atomic E-state index is 11.5. The predicted molar refractivity (Wildman–Crippen MR) is 133 cm³/mol. The van der Waals surface area contributed by atoms with Crippen LogP contribution in [0.1, 0.15) is 47.1 Å². The molecule has 0 bridgehead atoms. The summed E-state index contributed by atoms with van der Waals surface area (Å²) in [5.41, 5.74) is 4.99. The van der Waals surface area contributed by atoms with Crippen molar-refractivity contribution in [2.24, 2.45) is 0 Å². The van der Waals surface area contributed by atoms with Gasteiger partial charge in [0.15, 0.2) is 0 Å². The van der Waals surface area contributed by atoms with Gasteiger partial charge in [-0.2, -0.15) is 4.80 Å². The molecule has 0 unspecified atom stereocenters. The third kappa shape index (κ3) is 4.82. The van der Waals surface area contributed by atoms with Crippen molar-refractivity contribution < 1.29 is 9.90 Å². The summed E-state index contributed by atoms with van der Waals surface area (Å²) >= 11 is 0. The third-order valence-corrected chi connectivity index (χ3v) is 6.03. The number of para-hydroxylation sites is 2. The number of unbranched alkanes of at least 4 members (excludes halogenated alkanes) is 1. The van der Waals surface area contributed by atoms with Crippen LogP contribution in [0.25, 0.3) is 22.4 Å². The van der Waals surface area contributed by atoms with Gasteiger partial charge in [0, 0.05) is 18.5 Å². The standard InChI is InChI=1S/C27H26N6O2/c1-2-3-15-25-28-23-13-6-7-14-24(23)32(25)17-19-9-8-11-20(16-19)26-29-31-33(30-26)18-21-10-4-5-12-22(21)27(34)35/h4-14,16H,2-3,15,17-18H2,1H3,(H,34,35). The zero-order chi connectivity index (χ0) is 24.2. The molecule has 0 aliphatic rings. The second-order valence-electron chi connectivity index (χ2n) is 8.51. The monoisotopic (exact) mass is 466 g/mol. The second-order valence-corrected chi connectivity index (χ2v) is 8.51. The van der Waals surface area contributed by atoms with Gasteiger partial charge >= 0.3 is 5.97 Å². The highest BCUT2D eigenvalue weighted by molar-refractivity contribution is 5.89. The number of fused-ring (bicyclic) bond motifs is 1. The molecule has 8 nitrogen and oxygen atoms in total. The van der Waals surface area contributed by atoms with E-state index in [1.54, 1.807) is 24.3 Å². The van der Waals surface area contributed by atoms with Gasteiger partial charge in [-0.25, -0.2) is 9.78 Å². The summed E-state index contributed by atoms with van der Waals surface area (Å²) in [6, 6.07) is 23.2. The lowest BCUT2D eigenvalue weighted by Gasteiger charge is -2.10. The molecule has 0 fully saturated rings. The fourth-order valence-electron chi connectivity index (χ4n) is 4.26. The average Bonchev–Trinajstić information content (AvgIpc) is 3.48. The van der Waals surface area contributed by atoms with Crippen LogP contribution < -0.4 is 0 Å². The molecule has 0 spiro atoms. The number of benzene rings is 3. The molecule has 176 valence electrons. The molecule has 35 heavy (non-hydrogen) atoms. The molecule has 3 aromatic carbocycles. The maximum absolute atomic E-state index is 11.5. The Morgan fingerprint density at radius 2 is 1.80 bits per heavy atom. The smallest absolute Gasteiger partial charge is 0.336 e. The first kappa shape index (κ1) is 22.5. The van der Waals surface area contributed by atoms with Crippen molar-refractivity contribution in [3.05, 3.63) is 95.3 Å². The summed E-state index contributed by atoms with van der Waals surface area (Å²) in [7, 11) is 0. The molecule has 0 radical (unpaired) electrons. The molecular weight excluding hydrogens is 440 g/mol. The van der Waals surface area contributed by atoms with Crippen molar-refractivity contribution in [2.75, 3.05) is 0 Å². The lowest BCUT2D eigenvalue weighted by Crippen LogP contribution is -2.09. The SMILES string of the molecule is CCCCc1nc2ccccc2n1Cc1cccc(-c2nnn(Cc3ccccc3C(=O)O)n2)c1. The Labute approximate surface area is 202 Å². The quantitative estimate of drug-likeness (QED) is 0.334. The molecule has 1 N–H and O–H groups in total. The largest absolute Gasteiger partial charge is 0.478 e. The van der Waals surface area contributed by atoms with Crippen molar-refractivity contribution >= 4 is 17.0 Å².